The summed E-state index contributed by atoms with van der Waals surface area (Å²) in [6.45, 7) is 1.70. The lowest BCUT2D eigenvalue weighted by atomic mass is 9.85. The van der Waals surface area contributed by atoms with Crippen LogP contribution in [-0.2, 0) is 4.79 Å². The van der Waals surface area contributed by atoms with Crippen molar-refractivity contribution in [3.63, 3.8) is 0 Å². The third-order valence-corrected chi connectivity index (χ3v) is 4.80. The number of aliphatic carboxylic acids is 1. The van der Waals surface area contributed by atoms with E-state index in [0.29, 0.717) is 18.5 Å². The molecule has 6 heteroatoms. The summed E-state index contributed by atoms with van der Waals surface area (Å²) < 4.78 is 0. The first-order valence-electron chi connectivity index (χ1n) is 6.90. The minimum absolute atomic E-state index is 0.335. The topological polar surface area (TPSA) is 78.4 Å². The lowest BCUT2D eigenvalue weighted by Crippen LogP contribution is -2.48. The van der Waals surface area contributed by atoms with Crippen molar-refractivity contribution in [3.8, 4) is 0 Å². The van der Waals surface area contributed by atoms with Crippen LogP contribution >= 0.6 is 11.8 Å². The molecule has 5 nitrogen and oxygen atoms in total. The van der Waals surface area contributed by atoms with Crippen LogP contribution in [0.2, 0.25) is 0 Å². The van der Waals surface area contributed by atoms with Gasteiger partial charge in [-0.1, -0.05) is 12.5 Å². The predicted octanol–water partition coefficient (Wildman–Crippen LogP) is 3.17. The van der Waals surface area contributed by atoms with Crippen molar-refractivity contribution in [3.05, 3.63) is 24.3 Å². The Bertz CT molecular complexity index is 549. The van der Waals surface area contributed by atoms with Crippen molar-refractivity contribution >= 4 is 29.4 Å². The molecule has 0 saturated heterocycles. The van der Waals surface area contributed by atoms with Gasteiger partial charge in [0, 0.05) is 16.6 Å². The summed E-state index contributed by atoms with van der Waals surface area (Å²) in [7, 11) is 0. The Balaban J connectivity index is 2.00. The molecule has 1 saturated carbocycles. The normalized spacial score (nSPS) is 24.6. The van der Waals surface area contributed by atoms with Crippen LogP contribution in [0.3, 0.4) is 0 Å². The van der Waals surface area contributed by atoms with Crippen LogP contribution < -0.4 is 10.6 Å². The van der Waals surface area contributed by atoms with Gasteiger partial charge in [-0.25, -0.2) is 4.79 Å². The van der Waals surface area contributed by atoms with Gasteiger partial charge in [-0.3, -0.25) is 4.79 Å². The monoisotopic (exact) mass is 308 g/mol. The Hall–Kier alpha value is -1.69. The molecule has 1 aromatic rings. The fraction of sp³-hybridized carbons (Fsp3) is 0.467. The number of rotatable bonds is 4. The van der Waals surface area contributed by atoms with E-state index in [1.165, 1.54) is 0 Å². The van der Waals surface area contributed by atoms with E-state index in [4.69, 9.17) is 0 Å². The molecule has 0 radical (unpaired) electrons. The van der Waals surface area contributed by atoms with Gasteiger partial charge in [-0.2, -0.15) is 0 Å². The first kappa shape index (κ1) is 15.7. The predicted molar refractivity (Wildman–Crippen MR) is 83.8 cm³/mol. The Labute approximate surface area is 128 Å². The van der Waals surface area contributed by atoms with Crippen molar-refractivity contribution in [1.29, 1.82) is 0 Å². The molecule has 0 heterocycles. The highest BCUT2D eigenvalue weighted by Crippen LogP contribution is 2.38. The number of hydrogen-bond acceptors (Lipinski definition) is 3. The van der Waals surface area contributed by atoms with Crippen LogP contribution in [0, 0.1) is 5.41 Å². The Kier molecular flexibility index (Phi) is 4.77. The van der Waals surface area contributed by atoms with Crippen LogP contribution in [0.25, 0.3) is 0 Å². The summed E-state index contributed by atoms with van der Waals surface area (Å²) in [4.78, 5) is 24.5. The summed E-state index contributed by atoms with van der Waals surface area (Å²) in [5.74, 6) is -0.852. The molecule has 2 unspecified atom stereocenters. The molecule has 1 aliphatic carbocycles. The second-order valence-electron chi connectivity index (χ2n) is 5.50. The number of amides is 2. The molecule has 1 fully saturated rings. The SMILES string of the molecule is CSc1cccc(NC(=O)NC2CCCC2(C)C(=O)O)c1. The highest BCUT2D eigenvalue weighted by Gasteiger charge is 2.45. The molecule has 2 atom stereocenters. The summed E-state index contributed by atoms with van der Waals surface area (Å²) in [6.07, 6.45) is 4.07. The number of carboxylic acids is 1. The van der Waals surface area contributed by atoms with E-state index in [9.17, 15) is 14.7 Å². The zero-order valence-corrected chi connectivity index (χ0v) is 13.0. The summed E-state index contributed by atoms with van der Waals surface area (Å²) >= 11 is 1.60. The van der Waals surface area contributed by atoms with Gasteiger partial charge in [-0.05, 0) is 44.2 Å². The van der Waals surface area contributed by atoms with Crippen LogP contribution in [-0.4, -0.2) is 29.4 Å². The number of carboxylic acid groups (broad SMARTS) is 1. The van der Waals surface area contributed by atoms with E-state index in [2.05, 4.69) is 10.6 Å². The second kappa shape index (κ2) is 6.39. The minimum atomic E-state index is -0.877. The molecule has 2 amide bonds. The van der Waals surface area contributed by atoms with E-state index < -0.39 is 11.4 Å². The van der Waals surface area contributed by atoms with Gasteiger partial charge >= 0.3 is 12.0 Å². The molecule has 1 aromatic carbocycles. The van der Waals surface area contributed by atoms with Gasteiger partial charge in [0.1, 0.15) is 0 Å². The number of urea groups is 1. The first-order chi connectivity index (χ1) is 9.95. The van der Waals surface area contributed by atoms with Crippen LogP contribution in [0.5, 0.6) is 0 Å². The molecular weight excluding hydrogens is 288 g/mol. The number of nitrogens with one attached hydrogen (secondary N) is 2. The molecule has 0 aromatic heterocycles. The molecule has 3 N–H and O–H groups in total. The maximum absolute atomic E-state index is 12.1. The van der Waals surface area contributed by atoms with Crippen molar-refractivity contribution < 1.29 is 14.7 Å². The van der Waals surface area contributed by atoms with E-state index in [1.54, 1.807) is 18.7 Å². The summed E-state index contributed by atoms with van der Waals surface area (Å²) in [6, 6.07) is 6.84. The van der Waals surface area contributed by atoms with Crippen molar-refractivity contribution in [2.24, 2.45) is 5.41 Å². The highest BCUT2D eigenvalue weighted by atomic mass is 32.2. The molecule has 2 rings (SSSR count). The average molecular weight is 308 g/mol. The Morgan fingerprint density at radius 3 is 2.86 bits per heavy atom. The maximum atomic E-state index is 12.1. The molecule has 114 valence electrons. The standard InChI is InChI=1S/C15H20N2O3S/c1-15(13(18)19)8-4-7-12(15)17-14(20)16-10-5-3-6-11(9-10)21-2/h3,5-6,9,12H,4,7-8H2,1-2H3,(H,18,19)(H2,16,17,20). The maximum Gasteiger partial charge on any atom is 0.319 e. The van der Waals surface area contributed by atoms with E-state index >= 15 is 0 Å². The zero-order valence-electron chi connectivity index (χ0n) is 12.2. The molecule has 0 aliphatic heterocycles. The second-order valence-corrected chi connectivity index (χ2v) is 6.38. The molecule has 0 spiro atoms. The lowest BCUT2D eigenvalue weighted by molar-refractivity contribution is -0.148. The Morgan fingerprint density at radius 2 is 2.19 bits per heavy atom. The molecule has 0 bridgehead atoms. The van der Waals surface area contributed by atoms with E-state index in [0.717, 1.165) is 11.3 Å². The number of carbonyl (C=O) groups excluding carboxylic acids is 1. The third kappa shape index (κ3) is 3.50. The van der Waals surface area contributed by atoms with Crippen LogP contribution in [0.1, 0.15) is 26.2 Å². The minimum Gasteiger partial charge on any atom is -0.481 e. The van der Waals surface area contributed by atoms with Gasteiger partial charge in [0.15, 0.2) is 0 Å². The van der Waals surface area contributed by atoms with Gasteiger partial charge in [0.25, 0.3) is 0 Å². The number of anilines is 1. The van der Waals surface area contributed by atoms with Gasteiger partial charge < -0.3 is 15.7 Å². The molecular formula is C15H20N2O3S. The quantitative estimate of drug-likeness (QED) is 0.747. The number of hydrogen-bond donors (Lipinski definition) is 3. The van der Waals surface area contributed by atoms with Crippen LogP contribution in [0.15, 0.2) is 29.2 Å². The van der Waals surface area contributed by atoms with Gasteiger partial charge in [-0.15, -0.1) is 11.8 Å². The fourth-order valence-corrected chi connectivity index (χ4v) is 3.14. The van der Waals surface area contributed by atoms with Gasteiger partial charge in [0.05, 0.1) is 5.41 Å². The van der Waals surface area contributed by atoms with Crippen LogP contribution in [0.4, 0.5) is 10.5 Å². The van der Waals surface area contributed by atoms with E-state index in [-0.39, 0.29) is 12.1 Å². The number of carbonyl (C=O) groups is 2. The molecule has 21 heavy (non-hydrogen) atoms. The zero-order chi connectivity index (χ0) is 15.5. The van der Waals surface area contributed by atoms with Crippen molar-refractivity contribution in [2.45, 2.75) is 37.1 Å². The molecule has 1 aliphatic rings. The van der Waals surface area contributed by atoms with Crippen molar-refractivity contribution in [2.75, 3.05) is 11.6 Å². The highest BCUT2D eigenvalue weighted by molar-refractivity contribution is 7.98. The van der Waals surface area contributed by atoms with E-state index in [1.807, 2.05) is 30.5 Å². The average Bonchev–Trinajstić information content (AvgIpc) is 2.81. The smallest absolute Gasteiger partial charge is 0.319 e. The Morgan fingerprint density at radius 1 is 1.43 bits per heavy atom. The lowest BCUT2D eigenvalue weighted by Gasteiger charge is -2.27. The summed E-state index contributed by atoms with van der Waals surface area (Å²) in [5.41, 5.74) is -0.173. The third-order valence-electron chi connectivity index (χ3n) is 4.08. The first-order valence-corrected chi connectivity index (χ1v) is 8.13. The number of benzene rings is 1. The van der Waals surface area contributed by atoms with Gasteiger partial charge in [0.2, 0.25) is 0 Å². The number of thioether (sulfide) groups is 1. The summed E-state index contributed by atoms with van der Waals surface area (Å²) in [5, 5.41) is 14.9. The van der Waals surface area contributed by atoms with Crippen molar-refractivity contribution in [1.82, 2.24) is 5.32 Å². The largest absolute Gasteiger partial charge is 0.481 e. The fourth-order valence-electron chi connectivity index (χ4n) is 2.68.